The van der Waals surface area contributed by atoms with E-state index in [-0.39, 0.29) is 24.0 Å². The number of carboxylic acids is 1. The molecule has 190 valence electrons. The number of amides is 3. The van der Waals surface area contributed by atoms with Crippen LogP contribution in [-0.4, -0.2) is 58.7 Å². The molecule has 0 radical (unpaired) electrons. The Labute approximate surface area is 207 Å². The Kier molecular flexibility index (Phi) is 12.7. The Morgan fingerprint density at radius 2 is 1.53 bits per heavy atom. The first-order chi connectivity index (χ1) is 16.0. The summed E-state index contributed by atoms with van der Waals surface area (Å²) in [6, 6.07) is 5.41. The first kappa shape index (κ1) is 29.4. The topological polar surface area (TPSA) is 151 Å². The van der Waals surface area contributed by atoms with Crippen molar-refractivity contribution >= 4 is 36.3 Å². The number of nitrogens with one attached hydrogen (secondary N) is 3. The number of hydrogen-bond acceptors (Lipinski definition) is 6. The maximum absolute atomic E-state index is 13.0. The summed E-state index contributed by atoms with van der Waals surface area (Å²) in [5.41, 5.74) is 6.96. The van der Waals surface area contributed by atoms with Crippen molar-refractivity contribution in [2.45, 2.75) is 71.1 Å². The monoisotopic (exact) mass is 494 g/mol. The third-order valence-electron chi connectivity index (χ3n) is 5.57. The van der Waals surface area contributed by atoms with Crippen LogP contribution in [0.5, 0.6) is 0 Å². The maximum atomic E-state index is 13.0. The van der Waals surface area contributed by atoms with Gasteiger partial charge in [-0.05, 0) is 30.2 Å². The smallest absolute Gasteiger partial charge is 0.326 e. The first-order valence-corrected chi connectivity index (χ1v) is 12.2. The fourth-order valence-corrected chi connectivity index (χ4v) is 3.60. The number of hydrogen-bond donors (Lipinski definition) is 6. The molecular formula is C24H38N4O5S. The highest BCUT2D eigenvalue weighted by atomic mass is 32.1. The number of carbonyl (C=O) groups excluding carboxylic acids is 3. The van der Waals surface area contributed by atoms with Crippen LogP contribution in [0.1, 0.15) is 46.1 Å². The van der Waals surface area contributed by atoms with Crippen LogP contribution in [0, 0.1) is 11.8 Å². The fraction of sp³-hybridized carbons (Fsp3) is 0.583. The van der Waals surface area contributed by atoms with Crippen LogP contribution in [0.25, 0.3) is 0 Å². The summed E-state index contributed by atoms with van der Waals surface area (Å²) in [6.45, 7) is 7.39. The average Bonchev–Trinajstić information content (AvgIpc) is 2.79. The van der Waals surface area contributed by atoms with Crippen LogP contribution in [0.4, 0.5) is 0 Å². The van der Waals surface area contributed by atoms with E-state index in [0.717, 1.165) is 5.56 Å². The molecule has 3 amide bonds. The van der Waals surface area contributed by atoms with Crippen molar-refractivity contribution < 1.29 is 24.3 Å². The van der Waals surface area contributed by atoms with Crippen molar-refractivity contribution in [3.05, 3.63) is 35.9 Å². The molecule has 5 atom stereocenters. The molecule has 6 N–H and O–H groups in total. The van der Waals surface area contributed by atoms with E-state index in [2.05, 4.69) is 28.6 Å². The first-order valence-electron chi connectivity index (χ1n) is 11.5. The molecule has 0 fully saturated rings. The summed E-state index contributed by atoms with van der Waals surface area (Å²) in [6.07, 6.45) is 1.16. The fourth-order valence-electron chi connectivity index (χ4n) is 3.34. The van der Waals surface area contributed by atoms with Crippen LogP contribution in [0.3, 0.4) is 0 Å². The molecule has 1 aromatic carbocycles. The standard InChI is InChI=1S/C24H38N4O5S/c1-5-15(4)20(28-21(29)17(25)12-16-9-7-6-8-10-16)23(31)27-19(13-34)22(30)26-18(24(32)33)11-14(2)3/h6-10,14-15,17-20,34H,5,11-13,25H2,1-4H3,(H,26,30)(H,27,31)(H,28,29)(H,32,33). The van der Waals surface area contributed by atoms with Gasteiger partial charge in [-0.15, -0.1) is 0 Å². The molecule has 0 aromatic heterocycles. The van der Waals surface area contributed by atoms with Gasteiger partial charge in [-0.25, -0.2) is 4.79 Å². The lowest BCUT2D eigenvalue weighted by Crippen LogP contribution is -2.59. The third-order valence-corrected chi connectivity index (χ3v) is 5.93. The van der Waals surface area contributed by atoms with Crippen LogP contribution in [0.15, 0.2) is 30.3 Å². The summed E-state index contributed by atoms with van der Waals surface area (Å²) < 4.78 is 0. The van der Waals surface area contributed by atoms with Gasteiger partial charge in [-0.2, -0.15) is 12.6 Å². The normalized spacial score (nSPS) is 15.5. The second-order valence-electron chi connectivity index (χ2n) is 8.94. The number of rotatable bonds is 14. The van der Waals surface area contributed by atoms with Crippen molar-refractivity contribution in [1.82, 2.24) is 16.0 Å². The Bertz CT molecular complexity index is 821. The van der Waals surface area contributed by atoms with E-state index in [1.54, 1.807) is 0 Å². The predicted molar refractivity (Wildman–Crippen MR) is 134 cm³/mol. The van der Waals surface area contributed by atoms with Gasteiger partial charge in [-0.1, -0.05) is 64.4 Å². The lowest BCUT2D eigenvalue weighted by molar-refractivity contribution is -0.142. The van der Waals surface area contributed by atoms with Crippen LogP contribution >= 0.6 is 12.6 Å². The Morgan fingerprint density at radius 3 is 2.03 bits per heavy atom. The van der Waals surface area contributed by atoms with E-state index in [9.17, 15) is 24.3 Å². The number of benzene rings is 1. The molecule has 0 saturated carbocycles. The van der Waals surface area contributed by atoms with Gasteiger partial charge in [0.05, 0.1) is 6.04 Å². The molecule has 0 aliphatic carbocycles. The SMILES string of the molecule is CCC(C)C(NC(=O)C(N)Cc1ccccc1)C(=O)NC(CS)C(=O)NC(CC(C)C)C(=O)O. The van der Waals surface area contributed by atoms with Crippen LogP contribution in [-0.2, 0) is 25.6 Å². The van der Waals surface area contributed by atoms with Gasteiger partial charge in [0.15, 0.2) is 0 Å². The molecule has 0 spiro atoms. The summed E-state index contributed by atoms with van der Waals surface area (Å²) >= 11 is 4.14. The highest BCUT2D eigenvalue weighted by Gasteiger charge is 2.32. The summed E-state index contributed by atoms with van der Waals surface area (Å²) in [7, 11) is 0. The van der Waals surface area contributed by atoms with Crippen LogP contribution in [0.2, 0.25) is 0 Å². The van der Waals surface area contributed by atoms with Crippen molar-refractivity contribution in [1.29, 1.82) is 0 Å². The summed E-state index contributed by atoms with van der Waals surface area (Å²) in [4.78, 5) is 49.9. The number of thiol groups is 1. The molecule has 10 heteroatoms. The van der Waals surface area contributed by atoms with Gasteiger partial charge in [0, 0.05) is 5.75 Å². The second-order valence-corrected chi connectivity index (χ2v) is 9.31. The van der Waals surface area contributed by atoms with Crippen molar-refractivity contribution in [2.24, 2.45) is 17.6 Å². The van der Waals surface area contributed by atoms with E-state index in [1.807, 2.05) is 58.0 Å². The highest BCUT2D eigenvalue weighted by Crippen LogP contribution is 2.11. The minimum atomic E-state index is -1.15. The molecule has 34 heavy (non-hydrogen) atoms. The minimum absolute atomic E-state index is 0.0414. The minimum Gasteiger partial charge on any atom is -0.480 e. The molecule has 1 aromatic rings. The predicted octanol–water partition coefficient (Wildman–Crippen LogP) is 1.12. The van der Waals surface area contributed by atoms with E-state index < -0.39 is 47.9 Å². The lowest BCUT2D eigenvalue weighted by atomic mass is 9.97. The number of nitrogens with two attached hydrogens (primary N) is 1. The quantitative estimate of drug-likeness (QED) is 0.213. The molecule has 1 rings (SSSR count). The molecule has 0 aliphatic rings. The zero-order valence-electron chi connectivity index (χ0n) is 20.3. The van der Waals surface area contributed by atoms with Gasteiger partial charge >= 0.3 is 5.97 Å². The van der Waals surface area contributed by atoms with Crippen LogP contribution < -0.4 is 21.7 Å². The third kappa shape index (κ3) is 9.72. The average molecular weight is 495 g/mol. The van der Waals surface area contributed by atoms with E-state index in [0.29, 0.717) is 12.8 Å². The van der Waals surface area contributed by atoms with E-state index in [4.69, 9.17) is 5.73 Å². The van der Waals surface area contributed by atoms with Gasteiger partial charge in [0.2, 0.25) is 17.7 Å². The number of carboxylic acid groups (broad SMARTS) is 1. The van der Waals surface area contributed by atoms with Gasteiger partial charge in [0.25, 0.3) is 0 Å². The van der Waals surface area contributed by atoms with E-state index >= 15 is 0 Å². The Hall–Kier alpha value is -2.59. The van der Waals surface area contributed by atoms with E-state index in [1.165, 1.54) is 0 Å². The second kappa shape index (κ2) is 14.6. The highest BCUT2D eigenvalue weighted by molar-refractivity contribution is 7.80. The van der Waals surface area contributed by atoms with Crippen molar-refractivity contribution in [2.75, 3.05) is 5.75 Å². The largest absolute Gasteiger partial charge is 0.480 e. The van der Waals surface area contributed by atoms with Gasteiger partial charge in [0.1, 0.15) is 18.1 Å². The molecule has 0 aliphatic heterocycles. The molecular weight excluding hydrogens is 456 g/mol. The summed E-state index contributed by atoms with van der Waals surface area (Å²) in [5.74, 6) is -3.05. The lowest BCUT2D eigenvalue weighted by Gasteiger charge is -2.27. The zero-order chi connectivity index (χ0) is 25.8. The molecule has 0 heterocycles. The zero-order valence-corrected chi connectivity index (χ0v) is 21.2. The van der Waals surface area contributed by atoms with Gasteiger partial charge < -0.3 is 26.8 Å². The maximum Gasteiger partial charge on any atom is 0.326 e. The molecule has 0 bridgehead atoms. The molecule has 0 saturated heterocycles. The Morgan fingerprint density at radius 1 is 0.941 bits per heavy atom. The summed E-state index contributed by atoms with van der Waals surface area (Å²) in [5, 5.41) is 17.2. The van der Waals surface area contributed by atoms with Crippen molar-refractivity contribution in [3.63, 3.8) is 0 Å². The Balaban J connectivity index is 2.86. The number of carbonyl (C=O) groups is 4. The molecule has 9 nitrogen and oxygen atoms in total. The number of aliphatic carboxylic acids is 1. The van der Waals surface area contributed by atoms with Gasteiger partial charge in [-0.3, -0.25) is 14.4 Å². The molecule has 5 unspecified atom stereocenters. The van der Waals surface area contributed by atoms with Crippen molar-refractivity contribution in [3.8, 4) is 0 Å².